The van der Waals surface area contributed by atoms with Gasteiger partial charge in [-0.05, 0) is 97.1 Å². The van der Waals surface area contributed by atoms with E-state index in [2.05, 4.69) is 167 Å². The minimum atomic E-state index is 0.840. The molecule has 0 fully saturated rings. The third-order valence-electron chi connectivity index (χ3n) is 10.5. The number of anilines is 10. The molecule has 0 N–H and O–H groups in total. The largest absolute Gasteiger partial charge is 0.456 e. The molecule has 2 aliphatic rings. The van der Waals surface area contributed by atoms with Gasteiger partial charge in [0.05, 0.1) is 45.5 Å². The first-order valence-electron chi connectivity index (χ1n) is 16.9. The molecule has 4 heterocycles. The Kier molecular flexibility index (Phi) is 5.43. The van der Waals surface area contributed by atoms with Gasteiger partial charge in [-0.25, -0.2) is 0 Å². The first kappa shape index (κ1) is 27.3. The Balaban J connectivity index is 1.15. The zero-order valence-electron chi connectivity index (χ0n) is 27.5. The average Bonchev–Trinajstić information content (AvgIpc) is 3.73. The van der Waals surface area contributed by atoms with E-state index in [4.69, 9.17) is 8.83 Å². The Bertz CT molecular complexity index is 2560. The molecular weight excluding hydrogens is 617 g/mol. The van der Waals surface area contributed by atoms with Crippen LogP contribution < -0.4 is 19.6 Å². The van der Waals surface area contributed by atoms with Crippen LogP contribution in [0.25, 0.3) is 43.9 Å². The summed E-state index contributed by atoms with van der Waals surface area (Å²) in [5, 5.41) is 4.23. The number of furan rings is 2. The van der Waals surface area contributed by atoms with Crippen LogP contribution in [0, 0.1) is 0 Å². The monoisotopic (exact) mass is 646 g/mol. The Hall–Kier alpha value is -6.66. The first-order valence-corrected chi connectivity index (χ1v) is 16.9. The molecule has 6 heteroatoms. The van der Waals surface area contributed by atoms with E-state index in [1.165, 1.54) is 0 Å². The molecule has 6 nitrogen and oxygen atoms in total. The van der Waals surface area contributed by atoms with Crippen molar-refractivity contribution in [2.45, 2.75) is 0 Å². The van der Waals surface area contributed by atoms with Crippen LogP contribution in [0.5, 0.6) is 0 Å². The number of para-hydroxylation sites is 8. The van der Waals surface area contributed by atoms with Crippen LogP contribution in [0.2, 0.25) is 0 Å². The number of hydrogen-bond donors (Lipinski definition) is 0. The fourth-order valence-electron chi connectivity index (χ4n) is 8.21. The smallest absolute Gasteiger partial charge is 0.136 e. The van der Waals surface area contributed by atoms with Gasteiger partial charge in [-0.1, -0.05) is 48.5 Å². The van der Waals surface area contributed by atoms with Gasteiger partial charge in [0.25, 0.3) is 0 Å². The van der Waals surface area contributed by atoms with Crippen LogP contribution in [0.4, 0.5) is 56.9 Å². The second-order valence-electron chi connectivity index (χ2n) is 13.1. The molecule has 0 radical (unpaired) electrons. The van der Waals surface area contributed by atoms with Crippen molar-refractivity contribution < 1.29 is 8.83 Å². The molecule has 0 saturated heterocycles. The molecule has 0 bridgehead atoms. The summed E-state index contributed by atoms with van der Waals surface area (Å²) in [4.78, 5) is 9.25. The van der Waals surface area contributed by atoms with Gasteiger partial charge in [0.15, 0.2) is 0 Å². The second-order valence-corrected chi connectivity index (χ2v) is 13.1. The van der Waals surface area contributed by atoms with Gasteiger partial charge in [0, 0.05) is 47.0 Å². The lowest BCUT2D eigenvalue weighted by molar-refractivity contribution is 0.663. The molecule has 0 atom stereocenters. The molecule has 0 amide bonds. The summed E-state index contributed by atoms with van der Waals surface area (Å²) in [6, 6.07) is 51.5. The van der Waals surface area contributed by atoms with Gasteiger partial charge in [-0.3, -0.25) is 0 Å². The van der Waals surface area contributed by atoms with E-state index in [0.29, 0.717) is 0 Å². The van der Waals surface area contributed by atoms with Crippen LogP contribution in [-0.2, 0) is 0 Å². The van der Waals surface area contributed by atoms with Gasteiger partial charge in [-0.2, -0.15) is 0 Å². The normalized spacial score (nSPS) is 13.6. The van der Waals surface area contributed by atoms with Crippen molar-refractivity contribution in [3.05, 3.63) is 146 Å². The summed E-state index contributed by atoms with van der Waals surface area (Å²) < 4.78 is 13.1. The molecule has 0 unspecified atom stereocenters. The molecule has 0 saturated carbocycles. The maximum atomic E-state index is 6.54. The van der Waals surface area contributed by atoms with Crippen LogP contribution >= 0.6 is 0 Å². The Morgan fingerprint density at radius 2 is 0.640 bits per heavy atom. The molecule has 9 aromatic rings. The highest BCUT2D eigenvalue weighted by molar-refractivity contribution is 6.26. The lowest BCUT2D eigenvalue weighted by Crippen LogP contribution is -2.23. The SMILES string of the molecule is CN1c2ccccc2N(c2ccc3oc4ccc5oc6ccc(N7c8ccccc8N(C)c8ccccc87)cc6c5c4c3c2)c2ccccc21. The van der Waals surface area contributed by atoms with E-state index >= 15 is 0 Å². The van der Waals surface area contributed by atoms with Crippen molar-refractivity contribution in [3.8, 4) is 0 Å². The molecule has 50 heavy (non-hydrogen) atoms. The average molecular weight is 647 g/mol. The summed E-state index contributed by atoms with van der Waals surface area (Å²) in [5.41, 5.74) is 14.7. The van der Waals surface area contributed by atoms with Crippen molar-refractivity contribution >= 4 is 101 Å². The van der Waals surface area contributed by atoms with E-state index in [1.54, 1.807) is 0 Å². The summed E-state index contributed by atoms with van der Waals surface area (Å²) in [5.74, 6) is 0. The van der Waals surface area contributed by atoms with Gasteiger partial charge in [0.2, 0.25) is 0 Å². The van der Waals surface area contributed by atoms with E-state index in [-0.39, 0.29) is 0 Å². The molecule has 11 rings (SSSR count). The zero-order valence-corrected chi connectivity index (χ0v) is 27.5. The minimum absolute atomic E-state index is 0.840. The number of fused-ring (bicyclic) bond motifs is 11. The molecule has 238 valence electrons. The molecular formula is C44H30N4O2. The standard InChI is InChI=1S/C44H30N4O2/c1-45-31-11-3-7-15-35(31)47(36-16-8-4-12-32(36)45)27-19-21-39-29(25-27)43-41(49-39)23-24-42-44(43)30-26-28(20-22-40(30)50-42)48-37-17-9-5-13-33(37)46(2)34-14-6-10-18-38(34)48/h3-26H,1-2H3. The van der Waals surface area contributed by atoms with Crippen LogP contribution in [0.15, 0.2) is 154 Å². The van der Waals surface area contributed by atoms with Crippen molar-refractivity contribution in [1.82, 2.24) is 0 Å². The van der Waals surface area contributed by atoms with Crippen molar-refractivity contribution in [2.24, 2.45) is 0 Å². The third kappa shape index (κ3) is 3.62. The fraction of sp³-hybridized carbons (Fsp3) is 0.0455. The van der Waals surface area contributed by atoms with Crippen molar-refractivity contribution in [3.63, 3.8) is 0 Å². The topological polar surface area (TPSA) is 39.2 Å². The molecule has 7 aromatic carbocycles. The maximum absolute atomic E-state index is 6.54. The summed E-state index contributed by atoms with van der Waals surface area (Å²) in [6.07, 6.45) is 0. The number of rotatable bonds is 2. The Labute approximate surface area is 288 Å². The van der Waals surface area contributed by atoms with Crippen LogP contribution in [0.1, 0.15) is 0 Å². The van der Waals surface area contributed by atoms with Gasteiger partial charge >= 0.3 is 0 Å². The van der Waals surface area contributed by atoms with Crippen LogP contribution in [0.3, 0.4) is 0 Å². The highest BCUT2D eigenvalue weighted by Gasteiger charge is 2.29. The minimum Gasteiger partial charge on any atom is -0.456 e. The molecule has 0 aliphatic carbocycles. The van der Waals surface area contributed by atoms with E-state index in [0.717, 1.165) is 101 Å². The summed E-state index contributed by atoms with van der Waals surface area (Å²) in [6.45, 7) is 0. The summed E-state index contributed by atoms with van der Waals surface area (Å²) in [7, 11) is 4.27. The third-order valence-corrected chi connectivity index (χ3v) is 10.5. The molecule has 2 aliphatic heterocycles. The zero-order chi connectivity index (χ0) is 33.1. The number of nitrogens with zero attached hydrogens (tertiary/aromatic N) is 4. The number of hydrogen-bond acceptors (Lipinski definition) is 6. The lowest BCUT2D eigenvalue weighted by atomic mass is 10.0. The second kappa shape index (κ2) is 9.94. The Morgan fingerprint density at radius 3 is 0.980 bits per heavy atom. The number of benzene rings is 7. The van der Waals surface area contributed by atoms with Gasteiger partial charge in [-0.15, -0.1) is 0 Å². The van der Waals surface area contributed by atoms with E-state index < -0.39 is 0 Å². The quantitative estimate of drug-likeness (QED) is 0.186. The molecule has 0 spiro atoms. The lowest BCUT2D eigenvalue weighted by Gasteiger charge is -2.38. The summed E-state index contributed by atoms with van der Waals surface area (Å²) >= 11 is 0. The first-order chi connectivity index (χ1) is 24.6. The predicted molar refractivity (Wildman–Crippen MR) is 206 cm³/mol. The molecule has 2 aromatic heterocycles. The van der Waals surface area contributed by atoms with Crippen LogP contribution in [-0.4, -0.2) is 14.1 Å². The van der Waals surface area contributed by atoms with E-state index in [1.807, 2.05) is 12.1 Å². The maximum Gasteiger partial charge on any atom is 0.136 e. The van der Waals surface area contributed by atoms with Gasteiger partial charge < -0.3 is 28.4 Å². The van der Waals surface area contributed by atoms with Crippen molar-refractivity contribution in [1.29, 1.82) is 0 Å². The predicted octanol–water partition coefficient (Wildman–Crippen LogP) is 12.6. The Morgan fingerprint density at radius 1 is 0.340 bits per heavy atom. The fourth-order valence-corrected chi connectivity index (χ4v) is 8.21. The highest BCUT2D eigenvalue weighted by Crippen LogP contribution is 2.53. The van der Waals surface area contributed by atoms with Crippen molar-refractivity contribution in [2.75, 3.05) is 33.7 Å². The highest BCUT2D eigenvalue weighted by atomic mass is 16.3. The van der Waals surface area contributed by atoms with Gasteiger partial charge in [0.1, 0.15) is 22.3 Å². The van der Waals surface area contributed by atoms with E-state index in [9.17, 15) is 0 Å².